The molecule has 0 unspecified atom stereocenters. The van der Waals surface area contributed by atoms with Crippen LogP contribution in [0.3, 0.4) is 0 Å². The summed E-state index contributed by atoms with van der Waals surface area (Å²) in [5.74, 6) is 0.0762. The molecule has 144 valence electrons. The number of carbonyl (C=O) groups is 1. The molecule has 9 heteroatoms. The second-order valence-corrected chi connectivity index (χ2v) is 7.11. The number of hydrogen-bond acceptors (Lipinski definition) is 4. The molecule has 0 aliphatic carbocycles. The van der Waals surface area contributed by atoms with Gasteiger partial charge in [0.25, 0.3) is 5.91 Å². The molecule has 3 rings (SSSR count). The lowest BCUT2D eigenvalue weighted by Gasteiger charge is -2.23. The van der Waals surface area contributed by atoms with Gasteiger partial charge < -0.3 is 14.9 Å². The summed E-state index contributed by atoms with van der Waals surface area (Å²) in [5, 5.41) is 9.95. The van der Waals surface area contributed by atoms with Crippen LogP contribution in [0.4, 0.5) is 19.0 Å². The minimum Gasteiger partial charge on any atom is -0.507 e. The summed E-state index contributed by atoms with van der Waals surface area (Å²) >= 11 is 3.29. The highest BCUT2D eigenvalue weighted by atomic mass is 79.9. The number of amides is 1. The minimum atomic E-state index is -4.42. The fourth-order valence-corrected chi connectivity index (χ4v) is 3.30. The zero-order chi connectivity index (χ0) is 19.6. The maximum atomic E-state index is 12.7. The van der Waals surface area contributed by atoms with Gasteiger partial charge in [-0.1, -0.05) is 15.9 Å². The lowest BCUT2D eigenvalue weighted by atomic mass is 10.1. The van der Waals surface area contributed by atoms with Gasteiger partial charge in [0.15, 0.2) is 0 Å². The smallest absolute Gasteiger partial charge is 0.417 e. The number of aromatic nitrogens is 1. The van der Waals surface area contributed by atoms with Gasteiger partial charge in [-0.05, 0) is 36.8 Å². The van der Waals surface area contributed by atoms with Crippen LogP contribution < -0.4 is 4.90 Å². The molecular weight excluding hydrogens is 427 g/mol. The van der Waals surface area contributed by atoms with Gasteiger partial charge in [0, 0.05) is 36.8 Å². The molecule has 1 amide bonds. The molecule has 0 bridgehead atoms. The lowest BCUT2D eigenvalue weighted by Crippen LogP contribution is -2.35. The number of anilines is 1. The highest BCUT2D eigenvalue weighted by molar-refractivity contribution is 9.10. The zero-order valence-electron chi connectivity index (χ0n) is 14.2. The molecule has 1 aliphatic heterocycles. The van der Waals surface area contributed by atoms with Crippen LogP contribution in [0.25, 0.3) is 0 Å². The van der Waals surface area contributed by atoms with Gasteiger partial charge in [-0.2, -0.15) is 13.2 Å². The molecule has 1 fully saturated rings. The van der Waals surface area contributed by atoms with Gasteiger partial charge in [0.1, 0.15) is 11.6 Å². The van der Waals surface area contributed by atoms with Crippen LogP contribution in [-0.2, 0) is 6.18 Å². The first-order valence-corrected chi connectivity index (χ1v) is 9.11. The fourth-order valence-electron chi connectivity index (χ4n) is 2.94. The monoisotopic (exact) mass is 443 g/mol. The molecule has 1 aromatic carbocycles. The van der Waals surface area contributed by atoms with Crippen molar-refractivity contribution in [1.82, 2.24) is 9.88 Å². The van der Waals surface area contributed by atoms with Crippen LogP contribution in [0, 0.1) is 0 Å². The Hall–Kier alpha value is -2.29. The summed E-state index contributed by atoms with van der Waals surface area (Å²) in [6.07, 6.45) is -2.95. The lowest BCUT2D eigenvalue weighted by molar-refractivity contribution is -0.137. The van der Waals surface area contributed by atoms with Crippen molar-refractivity contribution in [3.05, 3.63) is 52.1 Å². The van der Waals surface area contributed by atoms with Crippen molar-refractivity contribution in [2.45, 2.75) is 12.6 Å². The molecule has 2 heterocycles. The maximum absolute atomic E-state index is 12.7. The summed E-state index contributed by atoms with van der Waals surface area (Å²) in [6.45, 7) is 1.89. The highest BCUT2D eigenvalue weighted by Gasteiger charge is 2.31. The molecule has 1 N–H and O–H groups in total. The molecule has 5 nitrogen and oxygen atoms in total. The molecule has 0 saturated carbocycles. The van der Waals surface area contributed by atoms with E-state index in [-0.39, 0.29) is 17.2 Å². The van der Waals surface area contributed by atoms with E-state index in [2.05, 4.69) is 20.9 Å². The Labute approximate surface area is 162 Å². The predicted octanol–water partition coefficient (Wildman–Crippen LogP) is 3.92. The molecule has 27 heavy (non-hydrogen) atoms. The van der Waals surface area contributed by atoms with E-state index >= 15 is 0 Å². The molecule has 1 saturated heterocycles. The highest BCUT2D eigenvalue weighted by Crippen LogP contribution is 2.29. The SMILES string of the molecule is O=C(c1cc(Br)ccc1O)N1CCCN(c2ccc(C(F)(F)F)cn2)CC1. The van der Waals surface area contributed by atoms with E-state index in [1.54, 1.807) is 17.0 Å². The molecule has 0 atom stereocenters. The van der Waals surface area contributed by atoms with Crippen molar-refractivity contribution in [1.29, 1.82) is 0 Å². The summed E-state index contributed by atoms with van der Waals surface area (Å²) in [5.41, 5.74) is -0.575. The van der Waals surface area contributed by atoms with Gasteiger partial charge in [-0.3, -0.25) is 4.79 Å². The first-order chi connectivity index (χ1) is 12.8. The second-order valence-electron chi connectivity index (χ2n) is 6.20. The average Bonchev–Trinajstić information content (AvgIpc) is 2.89. The van der Waals surface area contributed by atoms with Crippen molar-refractivity contribution in [2.24, 2.45) is 0 Å². The van der Waals surface area contributed by atoms with E-state index in [0.29, 0.717) is 42.9 Å². The standard InChI is InChI=1S/C18H17BrF3N3O2/c19-13-3-4-15(26)14(10-13)17(27)25-7-1-6-24(8-9-25)16-5-2-12(11-23-16)18(20,21)22/h2-5,10-11,26H,1,6-9H2. The van der Waals surface area contributed by atoms with E-state index in [9.17, 15) is 23.1 Å². The first kappa shape index (κ1) is 19.5. The van der Waals surface area contributed by atoms with Crippen LogP contribution in [0.2, 0.25) is 0 Å². The first-order valence-electron chi connectivity index (χ1n) is 8.31. The summed E-state index contributed by atoms with van der Waals surface area (Å²) in [6, 6.07) is 7.02. The molecule has 0 radical (unpaired) electrons. The van der Waals surface area contributed by atoms with E-state index in [4.69, 9.17) is 0 Å². The quantitative estimate of drug-likeness (QED) is 0.763. The minimum absolute atomic E-state index is 0.0892. The van der Waals surface area contributed by atoms with E-state index in [0.717, 1.165) is 12.3 Å². The number of nitrogens with zero attached hydrogens (tertiary/aromatic N) is 3. The summed E-state index contributed by atoms with van der Waals surface area (Å²) < 4.78 is 38.7. The Balaban J connectivity index is 1.70. The third-order valence-electron chi connectivity index (χ3n) is 4.37. The number of aromatic hydroxyl groups is 1. The number of halogens is 4. The number of benzene rings is 1. The number of hydrogen-bond donors (Lipinski definition) is 1. The van der Waals surface area contributed by atoms with Crippen LogP contribution >= 0.6 is 15.9 Å². The Bertz CT molecular complexity index is 828. The maximum Gasteiger partial charge on any atom is 0.417 e. The Kier molecular flexibility index (Phi) is 5.59. The molecular formula is C18H17BrF3N3O2. The van der Waals surface area contributed by atoms with Gasteiger partial charge >= 0.3 is 6.18 Å². The second kappa shape index (κ2) is 7.75. The van der Waals surface area contributed by atoms with Crippen LogP contribution in [0.15, 0.2) is 41.0 Å². The van der Waals surface area contributed by atoms with Crippen molar-refractivity contribution in [3.63, 3.8) is 0 Å². The van der Waals surface area contributed by atoms with Gasteiger partial charge in [-0.15, -0.1) is 0 Å². The largest absolute Gasteiger partial charge is 0.507 e. The zero-order valence-corrected chi connectivity index (χ0v) is 15.8. The van der Waals surface area contributed by atoms with Crippen molar-refractivity contribution >= 4 is 27.7 Å². The fraction of sp³-hybridized carbons (Fsp3) is 0.333. The van der Waals surface area contributed by atoms with Gasteiger partial charge in [0.2, 0.25) is 0 Å². The van der Waals surface area contributed by atoms with Gasteiger partial charge in [-0.25, -0.2) is 4.98 Å². The molecule has 1 aromatic heterocycles. The topological polar surface area (TPSA) is 56.7 Å². The van der Waals surface area contributed by atoms with Crippen LogP contribution in [0.5, 0.6) is 5.75 Å². The Morgan fingerprint density at radius 3 is 2.56 bits per heavy atom. The third kappa shape index (κ3) is 4.52. The summed E-state index contributed by atoms with van der Waals surface area (Å²) in [4.78, 5) is 20.1. The Morgan fingerprint density at radius 2 is 1.89 bits per heavy atom. The normalized spacial score (nSPS) is 15.6. The van der Waals surface area contributed by atoms with Crippen LogP contribution in [0.1, 0.15) is 22.3 Å². The summed E-state index contributed by atoms with van der Waals surface area (Å²) in [7, 11) is 0. The van der Waals surface area contributed by atoms with Crippen molar-refractivity contribution in [3.8, 4) is 5.75 Å². The third-order valence-corrected chi connectivity index (χ3v) is 4.86. The molecule has 1 aliphatic rings. The van der Waals surface area contributed by atoms with E-state index in [1.165, 1.54) is 12.1 Å². The number of phenolic OH excluding ortho intramolecular Hbond substituents is 1. The average molecular weight is 444 g/mol. The molecule has 0 spiro atoms. The van der Waals surface area contributed by atoms with E-state index in [1.807, 2.05) is 4.90 Å². The molecule has 2 aromatic rings. The van der Waals surface area contributed by atoms with Crippen molar-refractivity contribution < 1.29 is 23.1 Å². The number of phenols is 1. The number of carbonyl (C=O) groups excluding carboxylic acids is 1. The number of pyridine rings is 1. The van der Waals surface area contributed by atoms with Crippen molar-refractivity contribution in [2.75, 3.05) is 31.1 Å². The van der Waals surface area contributed by atoms with Gasteiger partial charge in [0.05, 0.1) is 11.1 Å². The van der Waals surface area contributed by atoms with E-state index < -0.39 is 11.7 Å². The number of rotatable bonds is 2. The Morgan fingerprint density at radius 1 is 1.11 bits per heavy atom. The number of alkyl halides is 3. The van der Waals surface area contributed by atoms with Crippen LogP contribution in [-0.4, -0.2) is 47.1 Å². The predicted molar refractivity (Wildman–Crippen MR) is 97.8 cm³/mol.